The Hall–Kier alpha value is -1.71. The SMILES string of the molecule is COc1c[n+]([O-])c2[nH]ccc2c1C(C)(C)C. The van der Waals surface area contributed by atoms with Crippen LogP contribution in [0.3, 0.4) is 0 Å². The van der Waals surface area contributed by atoms with Crippen LogP contribution in [0, 0.1) is 5.21 Å². The van der Waals surface area contributed by atoms with Crippen LogP contribution in [-0.2, 0) is 5.41 Å². The minimum Gasteiger partial charge on any atom is -0.710 e. The highest BCUT2D eigenvalue weighted by molar-refractivity contribution is 5.80. The van der Waals surface area contributed by atoms with Crippen molar-refractivity contribution in [2.75, 3.05) is 7.11 Å². The molecule has 0 fully saturated rings. The van der Waals surface area contributed by atoms with Crippen molar-refractivity contribution in [1.29, 1.82) is 0 Å². The van der Waals surface area contributed by atoms with Crippen LogP contribution in [0.4, 0.5) is 0 Å². The molecule has 0 spiro atoms. The summed E-state index contributed by atoms with van der Waals surface area (Å²) in [6.07, 6.45) is 3.24. The summed E-state index contributed by atoms with van der Waals surface area (Å²) in [4.78, 5) is 2.95. The summed E-state index contributed by atoms with van der Waals surface area (Å²) < 4.78 is 6.10. The molecule has 2 aromatic rings. The average molecular weight is 220 g/mol. The highest BCUT2D eigenvalue weighted by Crippen LogP contribution is 2.35. The fraction of sp³-hybridized carbons (Fsp3) is 0.417. The van der Waals surface area contributed by atoms with E-state index in [-0.39, 0.29) is 5.41 Å². The lowest BCUT2D eigenvalue weighted by Crippen LogP contribution is -2.29. The van der Waals surface area contributed by atoms with Gasteiger partial charge >= 0.3 is 0 Å². The van der Waals surface area contributed by atoms with Crippen LogP contribution in [0.15, 0.2) is 18.5 Å². The van der Waals surface area contributed by atoms with Crippen molar-refractivity contribution < 1.29 is 9.47 Å². The summed E-state index contributed by atoms with van der Waals surface area (Å²) in [5.41, 5.74) is 1.56. The van der Waals surface area contributed by atoms with E-state index in [9.17, 15) is 5.21 Å². The Morgan fingerprint density at radius 3 is 2.62 bits per heavy atom. The van der Waals surface area contributed by atoms with Gasteiger partial charge in [0.2, 0.25) is 0 Å². The van der Waals surface area contributed by atoms with Crippen LogP contribution in [0.5, 0.6) is 5.75 Å². The number of aromatic nitrogens is 2. The molecule has 0 saturated carbocycles. The van der Waals surface area contributed by atoms with E-state index in [1.54, 1.807) is 13.3 Å². The third-order valence-corrected chi connectivity index (χ3v) is 2.67. The largest absolute Gasteiger partial charge is 0.710 e. The minimum absolute atomic E-state index is 0.0694. The monoisotopic (exact) mass is 220 g/mol. The molecule has 4 heteroatoms. The number of H-pyrrole nitrogens is 1. The van der Waals surface area contributed by atoms with Crippen molar-refractivity contribution in [3.63, 3.8) is 0 Å². The predicted octanol–water partition coefficient (Wildman–Crippen LogP) is 2.11. The molecule has 16 heavy (non-hydrogen) atoms. The van der Waals surface area contributed by atoms with Crippen LogP contribution in [0.25, 0.3) is 11.0 Å². The lowest BCUT2D eigenvalue weighted by Gasteiger charge is -2.23. The van der Waals surface area contributed by atoms with E-state index in [0.717, 1.165) is 15.7 Å². The zero-order valence-corrected chi connectivity index (χ0v) is 10.00. The van der Waals surface area contributed by atoms with E-state index in [1.807, 2.05) is 6.07 Å². The molecule has 2 heterocycles. The fourth-order valence-corrected chi connectivity index (χ4v) is 2.04. The zero-order chi connectivity index (χ0) is 11.9. The third-order valence-electron chi connectivity index (χ3n) is 2.67. The molecule has 0 radical (unpaired) electrons. The first-order chi connectivity index (χ1) is 7.45. The third kappa shape index (κ3) is 1.50. The Balaban J connectivity index is 2.87. The Kier molecular flexibility index (Phi) is 2.30. The van der Waals surface area contributed by atoms with Crippen molar-refractivity contribution in [2.24, 2.45) is 0 Å². The van der Waals surface area contributed by atoms with Gasteiger partial charge < -0.3 is 9.94 Å². The number of pyridine rings is 1. The molecule has 1 N–H and O–H groups in total. The molecule has 0 atom stereocenters. The first kappa shape index (κ1) is 10.8. The van der Waals surface area contributed by atoms with Crippen LogP contribution >= 0.6 is 0 Å². The second kappa shape index (κ2) is 3.40. The Bertz CT molecular complexity index is 524. The summed E-state index contributed by atoms with van der Waals surface area (Å²) in [5.74, 6) is 0.634. The number of rotatable bonds is 1. The summed E-state index contributed by atoms with van der Waals surface area (Å²) in [6.45, 7) is 6.31. The molecular formula is C12H16N2O2. The van der Waals surface area contributed by atoms with Gasteiger partial charge in [0.25, 0.3) is 5.65 Å². The van der Waals surface area contributed by atoms with E-state index >= 15 is 0 Å². The first-order valence-corrected chi connectivity index (χ1v) is 5.23. The molecule has 86 valence electrons. The van der Waals surface area contributed by atoms with E-state index in [0.29, 0.717) is 11.4 Å². The number of nitrogens with zero attached hydrogens (tertiary/aromatic N) is 1. The number of hydrogen-bond donors (Lipinski definition) is 1. The molecule has 0 unspecified atom stereocenters. The standard InChI is InChI=1S/C12H16N2O2/c1-12(2,3)10-8-5-6-13-11(8)14(15)7-9(10)16-4/h5-7,13H,1-4H3. The molecular weight excluding hydrogens is 204 g/mol. The molecule has 4 nitrogen and oxygen atoms in total. The Morgan fingerprint density at radius 2 is 2.06 bits per heavy atom. The Labute approximate surface area is 94.4 Å². The minimum atomic E-state index is -0.0694. The van der Waals surface area contributed by atoms with Gasteiger partial charge in [-0.25, -0.2) is 9.71 Å². The van der Waals surface area contributed by atoms with Gasteiger partial charge in [-0.05, 0) is 11.5 Å². The van der Waals surface area contributed by atoms with Crippen molar-refractivity contribution in [2.45, 2.75) is 26.2 Å². The van der Waals surface area contributed by atoms with Gasteiger partial charge in [0, 0.05) is 5.56 Å². The summed E-state index contributed by atoms with van der Waals surface area (Å²) >= 11 is 0. The van der Waals surface area contributed by atoms with Crippen LogP contribution < -0.4 is 9.47 Å². The summed E-state index contributed by atoms with van der Waals surface area (Å²) in [5, 5.41) is 12.6. The quantitative estimate of drug-likeness (QED) is 0.591. The molecule has 0 aliphatic heterocycles. The fourth-order valence-electron chi connectivity index (χ4n) is 2.04. The van der Waals surface area contributed by atoms with Crippen molar-refractivity contribution in [3.05, 3.63) is 29.2 Å². The first-order valence-electron chi connectivity index (χ1n) is 5.23. The number of hydrogen-bond acceptors (Lipinski definition) is 2. The lowest BCUT2D eigenvalue weighted by atomic mass is 9.85. The second-order valence-corrected chi connectivity index (χ2v) is 4.89. The maximum absolute atomic E-state index is 11.7. The maximum atomic E-state index is 11.7. The van der Waals surface area contributed by atoms with Gasteiger partial charge in [-0.15, -0.1) is 0 Å². The predicted molar refractivity (Wildman–Crippen MR) is 62.5 cm³/mol. The topological polar surface area (TPSA) is 52.0 Å². The number of ether oxygens (including phenoxy) is 1. The number of nitrogens with one attached hydrogen (secondary N) is 1. The molecule has 0 amide bonds. The van der Waals surface area contributed by atoms with E-state index in [4.69, 9.17) is 4.74 Å². The van der Waals surface area contributed by atoms with Gasteiger partial charge in [-0.3, -0.25) is 0 Å². The van der Waals surface area contributed by atoms with E-state index in [2.05, 4.69) is 25.8 Å². The van der Waals surface area contributed by atoms with Crippen LogP contribution in [0.2, 0.25) is 0 Å². The van der Waals surface area contributed by atoms with Gasteiger partial charge in [-0.1, -0.05) is 20.8 Å². The van der Waals surface area contributed by atoms with Crippen LogP contribution in [0.1, 0.15) is 26.3 Å². The molecule has 0 aromatic carbocycles. The molecule has 2 aromatic heterocycles. The molecule has 0 aliphatic rings. The molecule has 0 bridgehead atoms. The second-order valence-electron chi connectivity index (χ2n) is 4.89. The van der Waals surface area contributed by atoms with Crippen molar-refractivity contribution in [3.8, 4) is 5.75 Å². The van der Waals surface area contributed by atoms with Gasteiger partial charge in [0.05, 0.1) is 18.7 Å². The van der Waals surface area contributed by atoms with E-state index < -0.39 is 0 Å². The van der Waals surface area contributed by atoms with Gasteiger partial charge in [0.1, 0.15) is 6.20 Å². The Morgan fingerprint density at radius 1 is 1.38 bits per heavy atom. The normalized spacial score (nSPS) is 12.0. The smallest absolute Gasteiger partial charge is 0.290 e. The molecule has 0 aliphatic carbocycles. The lowest BCUT2D eigenvalue weighted by molar-refractivity contribution is -0.579. The number of methoxy groups -OCH3 is 1. The number of fused-ring (bicyclic) bond motifs is 1. The van der Waals surface area contributed by atoms with Gasteiger partial charge in [0.15, 0.2) is 5.75 Å². The number of aromatic amines is 1. The summed E-state index contributed by atoms with van der Waals surface area (Å²) in [6, 6.07) is 1.91. The maximum Gasteiger partial charge on any atom is 0.290 e. The molecule has 0 saturated heterocycles. The molecule has 2 rings (SSSR count). The van der Waals surface area contributed by atoms with Crippen molar-refractivity contribution >= 4 is 11.0 Å². The van der Waals surface area contributed by atoms with Gasteiger partial charge in [-0.2, -0.15) is 0 Å². The highest BCUT2D eigenvalue weighted by atomic mass is 16.5. The highest BCUT2D eigenvalue weighted by Gasteiger charge is 2.25. The van der Waals surface area contributed by atoms with Crippen LogP contribution in [-0.4, -0.2) is 12.1 Å². The zero-order valence-electron chi connectivity index (χ0n) is 10.00. The van der Waals surface area contributed by atoms with E-state index in [1.165, 1.54) is 6.20 Å². The summed E-state index contributed by atoms with van der Waals surface area (Å²) in [7, 11) is 1.59. The van der Waals surface area contributed by atoms with Crippen molar-refractivity contribution in [1.82, 2.24) is 4.98 Å². The average Bonchev–Trinajstić information content (AvgIpc) is 2.63.